The monoisotopic (exact) mass is 525 g/mol. The first-order valence-corrected chi connectivity index (χ1v) is 3.58. The minimum Gasteiger partial charge on any atom is -1.00 e. The van der Waals surface area contributed by atoms with E-state index in [9.17, 15) is 0 Å². The second kappa shape index (κ2) is 6.30. The van der Waals surface area contributed by atoms with Crippen molar-refractivity contribution in [2.24, 2.45) is 0 Å². The van der Waals surface area contributed by atoms with Crippen molar-refractivity contribution in [1.29, 1.82) is 0 Å². The molecule has 0 N–H and O–H groups in total. The van der Waals surface area contributed by atoms with Crippen LogP contribution in [0.1, 0.15) is 13.3 Å². The molecule has 1 aliphatic carbocycles. The Bertz CT molecular complexity index is 138. The topological polar surface area (TPSA) is 0 Å². The smallest absolute Gasteiger partial charge is 1.00 e. The third-order valence-corrected chi connectivity index (χ3v) is 2.60. The molecule has 0 amide bonds. The molecule has 0 saturated carbocycles. The molecule has 0 atom stereocenters. The molecule has 0 spiro atoms. The Labute approximate surface area is 101 Å². The average molecular weight is 523 g/mol. The van der Waals surface area contributed by atoms with Gasteiger partial charge in [-0.1, -0.05) is 0 Å². The fourth-order valence-corrected chi connectivity index (χ4v) is 1.10. The molecular weight excluding hydrogens is 516 g/mol. The van der Waals surface area contributed by atoms with Gasteiger partial charge in [0.2, 0.25) is 0 Å². The van der Waals surface area contributed by atoms with Crippen LogP contribution in [0.2, 0.25) is 0 Å². The number of allylic oxidation sites excluding steroid dienone is 4. The molecule has 0 saturated heterocycles. The Morgan fingerprint density at radius 3 is 2.11 bits per heavy atom. The van der Waals surface area contributed by atoms with Crippen LogP contribution in [0.15, 0.2) is 21.9 Å². The summed E-state index contributed by atoms with van der Waals surface area (Å²) in [6.45, 7) is 2.16. The van der Waals surface area contributed by atoms with Crippen LogP contribution in [-0.4, -0.2) is 0 Å². The molecule has 0 unspecified atom stereocenters. The third kappa shape index (κ3) is 4.10. The van der Waals surface area contributed by atoms with Crippen LogP contribution in [0, 0.1) is 0 Å². The summed E-state index contributed by atoms with van der Waals surface area (Å²) >= 11 is 1.99. The first-order valence-electron chi connectivity index (χ1n) is 2.31. The zero-order valence-electron chi connectivity index (χ0n) is 4.97. The average Bonchev–Trinajstić information content (AvgIpc) is 1.91. The van der Waals surface area contributed by atoms with E-state index in [-0.39, 0.29) is 48.0 Å². The first kappa shape index (κ1) is 13.2. The fourth-order valence-electron chi connectivity index (χ4n) is 0.586. The van der Waals surface area contributed by atoms with Gasteiger partial charge in [-0.3, -0.25) is 0 Å². The van der Waals surface area contributed by atoms with Gasteiger partial charge in [0.05, 0.1) is 0 Å². The van der Waals surface area contributed by atoms with Crippen molar-refractivity contribution in [3.63, 3.8) is 0 Å². The van der Waals surface area contributed by atoms with Gasteiger partial charge in [0, 0.05) is 0 Å². The molecule has 9 heavy (non-hydrogen) atoms. The molecule has 0 radical (unpaired) electrons. The second-order valence-corrected chi connectivity index (χ2v) is 3.21. The summed E-state index contributed by atoms with van der Waals surface area (Å²) in [5.41, 5.74) is 1.46. The van der Waals surface area contributed by atoms with Crippen molar-refractivity contribution in [2.45, 2.75) is 13.3 Å². The van der Waals surface area contributed by atoms with Crippen LogP contribution in [0.5, 0.6) is 0 Å². The van der Waals surface area contributed by atoms with E-state index in [0.29, 0.717) is 0 Å². The molecule has 0 aromatic rings. The number of halogens is 2. The van der Waals surface area contributed by atoms with Gasteiger partial charge in [0.15, 0.2) is 0 Å². The van der Waals surface area contributed by atoms with Gasteiger partial charge in [0.1, 0.15) is 0 Å². The van der Waals surface area contributed by atoms with Crippen LogP contribution >= 0.6 is 0 Å². The van der Waals surface area contributed by atoms with Crippen molar-refractivity contribution in [3.05, 3.63) is 21.9 Å². The molecule has 0 fully saturated rings. The Hall–Kier alpha value is 1.58. The predicted octanol–water partition coefficient (Wildman–Crippen LogP) is -4.22. The van der Waals surface area contributed by atoms with E-state index in [1.165, 1.54) is 12.0 Å². The van der Waals surface area contributed by atoms with E-state index < -0.39 is 0 Å². The third-order valence-electron chi connectivity index (χ3n) is 1.08. The zero-order chi connectivity index (χ0) is 5.28. The van der Waals surface area contributed by atoms with Gasteiger partial charge >= 0.3 is 53.8 Å². The normalized spacial score (nSPS) is 14.8. The van der Waals surface area contributed by atoms with Crippen LogP contribution < -0.4 is 48.0 Å². The van der Waals surface area contributed by atoms with E-state index in [1.807, 2.05) is 18.6 Å². The van der Waals surface area contributed by atoms with Crippen LogP contribution in [-0.2, 0) is 18.6 Å². The predicted molar refractivity (Wildman–Crippen MR) is 26.5 cm³/mol. The maximum atomic E-state index is 2.21. The maximum absolute atomic E-state index is 2.21. The van der Waals surface area contributed by atoms with Crippen LogP contribution in [0.25, 0.3) is 0 Å². The molecule has 0 aromatic heterocycles. The molecule has 53 valence electrons. The van der Waals surface area contributed by atoms with E-state index >= 15 is 0 Å². The van der Waals surface area contributed by atoms with Crippen molar-refractivity contribution >= 4 is 0 Å². The molecule has 0 heterocycles. The van der Waals surface area contributed by atoms with Crippen molar-refractivity contribution in [2.75, 3.05) is 0 Å². The van der Waals surface area contributed by atoms with E-state index in [2.05, 4.69) is 19.1 Å². The van der Waals surface area contributed by atoms with Gasteiger partial charge in [-0.15, -0.1) is 0 Å². The Kier molecular flexibility index (Phi) is 9.23. The van der Waals surface area contributed by atoms with E-state index in [1.54, 1.807) is 4.13 Å². The van der Waals surface area contributed by atoms with Crippen LogP contribution in [0.3, 0.4) is 0 Å². The summed E-state index contributed by atoms with van der Waals surface area (Å²) in [4.78, 5) is 0. The van der Waals surface area contributed by atoms with Gasteiger partial charge < -0.3 is 48.0 Å². The SMILES string of the molecule is CC1=[C]([Os+2])CC=C1.[I-].[I-]. The molecule has 0 aromatic carbocycles. The van der Waals surface area contributed by atoms with E-state index in [0.717, 1.165) is 0 Å². The summed E-state index contributed by atoms with van der Waals surface area (Å²) in [7, 11) is 0. The van der Waals surface area contributed by atoms with Gasteiger partial charge in [0.25, 0.3) is 0 Å². The quantitative estimate of drug-likeness (QED) is 0.283. The summed E-state index contributed by atoms with van der Waals surface area (Å²) in [5.74, 6) is 0. The minimum atomic E-state index is 0. The van der Waals surface area contributed by atoms with Gasteiger partial charge in [-0.05, 0) is 0 Å². The standard InChI is InChI=1S/C6H7.2HI.Os/c1-6-4-2-3-5-6;;;/h2,4H,3H2,1H3;2*1H;/q;;;+2/p-2. The summed E-state index contributed by atoms with van der Waals surface area (Å²) in [5, 5.41) is 0. The summed E-state index contributed by atoms with van der Waals surface area (Å²) in [6.07, 6.45) is 5.57. The molecule has 3 heteroatoms. The molecule has 1 aliphatic rings. The van der Waals surface area contributed by atoms with Gasteiger partial charge in [-0.2, -0.15) is 0 Å². The second-order valence-electron chi connectivity index (χ2n) is 1.68. The Morgan fingerprint density at radius 2 is 2.00 bits per heavy atom. The Balaban J connectivity index is 0. The molecule has 1 rings (SSSR count). The number of rotatable bonds is 0. The van der Waals surface area contributed by atoms with Crippen LogP contribution in [0.4, 0.5) is 0 Å². The summed E-state index contributed by atoms with van der Waals surface area (Å²) in [6, 6.07) is 0. The Morgan fingerprint density at radius 1 is 1.44 bits per heavy atom. The summed E-state index contributed by atoms with van der Waals surface area (Å²) < 4.78 is 1.54. The number of hydrogen-bond acceptors (Lipinski definition) is 0. The van der Waals surface area contributed by atoms with E-state index in [4.69, 9.17) is 0 Å². The maximum Gasteiger partial charge on any atom is -1.00 e. The molecular formula is C6H7I2Os. The van der Waals surface area contributed by atoms with Crippen molar-refractivity contribution in [3.8, 4) is 0 Å². The first-order chi connectivity index (χ1) is 3.30. The van der Waals surface area contributed by atoms with Crippen molar-refractivity contribution < 1.29 is 66.6 Å². The molecule has 0 aliphatic heterocycles. The minimum absolute atomic E-state index is 0. The molecule has 0 bridgehead atoms. The largest absolute Gasteiger partial charge is 1.00 e. The van der Waals surface area contributed by atoms with Crippen molar-refractivity contribution in [1.82, 2.24) is 0 Å². The fraction of sp³-hybridized carbons (Fsp3) is 0.333. The number of hydrogen-bond donors (Lipinski definition) is 0. The molecule has 0 nitrogen and oxygen atoms in total. The zero-order valence-corrected chi connectivity index (χ0v) is 11.8. The van der Waals surface area contributed by atoms with Gasteiger partial charge in [-0.25, -0.2) is 0 Å².